The van der Waals surface area contributed by atoms with Crippen LogP contribution in [0.15, 0.2) is 12.1 Å². The molecule has 0 spiro atoms. The number of rotatable bonds is 5. The zero-order valence-corrected chi connectivity index (χ0v) is 19.5. The molecule has 0 radical (unpaired) electrons. The van der Waals surface area contributed by atoms with Crippen LogP contribution in [0.3, 0.4) is 0 Å². The molecular formula is C24H27N3O8. The van der Waals surface area contributed by atoms with Crippen LogP contribution in [0.1, 0.15) is 32.7 Å². The van der Waals surface area contributed by atoms with Crippen LogP contribution in [0.5, 0.6) is 5.75 Å². The number of phenols is 1. The van der Waals surface area contributed by atoms with Crippen molar-refractivity contribution in [3.63, 3.8) is 0 Å². The summed E-state index contributed by atoms with van der Waals surface area (Å²) in [5, 5.41) is 24.7. The molecule has 11 nitrogen and oxygen atoms in total. The molecule has 2 unspecified atom stereocenters. The number of amides is 1. The molecule has 1 amide bonds. The van der Waals surface area contributed by atoms with Crippen molar-refractivity contribution in [3.05, 3.63) is 28.8 Å². The van der Waals surface area contributed by atoms with Crippen LogP contribution in [0.25, 0.3) is 0 Å². The topological polar surface area (TPSA) is 184 Å². The number of aliphatic hydroxyl groups is 1. The highest BCUT2D eigenvalue weighted by molar-refractivity contribution is 6.32. The molecule has 0 aromatic heterocycles. The van der Waals surface area contributed by atoms with Crippen LogP contribution in [-0.4, -0.2) is 89.3 Å². The third-order valence-electron chi connectivity index (χ3n) is 7.58. The Morgan fingerprint density at radius 3 is 2.40 bits per heavy atom. The molecule has 2 saturated carbocycles. The summed E-state index contributed by atoms with van der Waals surface area (Å²) in [4.78, 5) is 79.5. The van der Waals surface area contributed by atoms with Crippen molar-refractivity contribution < 1.29 is 39.0 Å². The lowest BCUT2D eigenvalue weighted by atomic mass is 9.52. The van der Waals surface area contributed by atoms with E-state index in [2.05, 4.69) is 5.32 Å². The number of hydrogen-bond donors (Lipinski definition) is 4. The largest absolute Gasteiger partial charge is 0.507 e. The van der Waals surface area contributed by atoms with Crippen LogP contribution in [-0.2, 0) is 25.6 Å². The fraction of sp³-hybridized carbons (Fsp3) is 0.500. The Kier molecular flexibility index (Phi) is 5.98. The highest BCUT2D eigenvalue weighted by Crippen LogP contribution is 2.51. The van der Waals surface area contributed by atoms with E-state index in [1.165, 1.54) is 31.1 Å². The van der Waals surface area contributed by atoms with Gasteiger partial charge in [0.2, 0.25) is 5.91 Å². The number of hydrogen-bond acceptors (Lipinski definition) is 10. The Hall–Kier alpha value is -3.28. The maximum Gasteiger partial charge on any atom is 0.235 e. The van der Waals surface area contributed by atoms with Gasteiger partial charge in [0.15, 0.2) is 40.4 Å². The average molecular weight is 485 g/mol. The smallest absolute Gasteiger partial charge is 0.235 e. The van der Waals surface area contributed by atoms with Gasteiger partial charge < -0.3 is 21.3 Å². The van der Waals surface area contributed by atoms with Gasteiger partial charge in [0.1, 0.15) is 5.75 Å². The molecule has 0 bridgehead atoms. The Labute approximate surface area is 200 Å². The van der Waals surface area contributed by atoms with Gasteiger partial charge in [0, 0.05) is 11.5 Å². The number of primary amides is 1. The first-order valence-corrected chi connectivity index (χ1v) is 11.2. The Morgan fingerprint density at radius 1 is 1.17 bits per heavy atom. The minimum Gasteiger partial charge on any atom is -0.507 e. The first-order valence-electron chi connectivity index (χ1n) is 11.2. The lowest BCUT2D eigenvalue weighted by molar-refractivity contribution is -0.181. The number of phenolic OH excluding ortho intramolecular Hbond substituents is 1. The second-order valence-corrected chi connectivity index (χ2v) is 9.73. The van der Waals surface area contributed by atoms with Gasteiger partial charge in [-0.1, -0.05) is 0 Å². The monoisotopic (exact) mass is 485 g/mol. The number of nitrogens with two attached hydrogens (primary N) is 1. The van der Waals surface area contributed by atoms with Crippen LogP contribution < -0.4 is 11.1 Å². The van der Waals surface area contributed by atoms with Crippen LogP contribution in [0.2, 0.25) is 0 Å². The number of Topliss-reactive ketones (excluding diaryl/α,β-unsaturated/α-hetero) is 5. The quantitative estimate of drug-likeness (QED) is 0.276. The molecule has 5 N–H and O–H groups in total. The van der Waals surface area contributed by atoms with Crippen molar-refractivity contribution in [1.29, 1.82) is 0 Å². The molecule has 6 atom stereocenters. The molecule has 186 valence electrons. The summed E-state index contributed by atoms with van der Waals surface area (Å²) < 4.78 is 0. The van der Waals surface area contributed by atoms with E-state index < -0.39 is 70.1 Å². The third-order valence-corrected chi connectivity index (χ3v) is 7.58. The molecule has 2 fully saturated rings. The maximum atomic E-state index is 13.7. The van der Waals surface area contributed by atoms with E-state index in [0.717, 1.165) is 0 Å². The van der Waals surface area contributed by atoms with E-state index in [1.807, 2.05) is 0 Å². The lowest BCUT2D eigenvalue weighted by Gasteiger charge is -2.52. The Morgan fingerprint density at radius 2 is 1.83 bits per heavy atom. The number of aromatic hydroxyl groups is 1. The summed E-state index contributed by atoms with van der Waals surface area (Å²) >= 11 is 0. The number of ketones is 5. The molecule has 0 saturated heterocycles. The zero-order chi connectivity index (χ0) is 26.0. The Bertz CT molecular complexity index is 1190. The average Bonchev–Trinajstić information content (AvgIpc) is 2.76. The number of carbonyl (C=O) groups is 6. The fourth-order valence-electron chi connectivity index (χ4n) is 6.12. The van der Waals surface area contributed by atoms with Gasteiger partial charge >= 0.3 is 0 Å². The van der Waals surface area contributed by atoms with Crippen molar-refractivity contribution in [2.45, 2.75) is 24.5 Å². The number of benzene rings is 1. The molecule has 3 aliphatic rings. The van der Waals surface area contributed by atoms with Crippen molar-refractivity contribution in [2.24, 2.45) is 29.4 Å². The molecule has 0 heterocycles. The highest BCUT2D eigenvalue weighted by Gasteiger charge is 2.69. The first-order chi connectivity index (χ1) is 16.4. The predicted molar refractivity (Wildman–Crippen MR) is 120 cm³/mol. The van der Waals surface area contributed by atoms with E-state index in [9.17, 15) is 39.0 Å². The van der Waals surface area contributed by atoms with Crippen molar-refractivity contribution in [2.75, 3.05) is 27.7 Å². The Balaban J connectivity index is 1.87. The second kappa shape index (κ2) is 8.43. The molecule has 1 aromatic rings. The molecule has 4 rings (SSSR count). The second-order valence-electron chi connectivity index (χ2n) is 9.73. The molecule has 3 aliphatic carbocycles. The highest BCUT2D eigenvalue weighted by atomic mass is 16.3. The number of nitrogens with zero attached hydrogens (tertiary/aromatic N) is 1. The summed E-state index contributed by atoms with van der Waals surface area (Å²) in [6.07, 6.45) is -0.0236. The number of nitrogens with one attached hydrogen (secondary N) is 1. The van der Waals surface area contributed by atoms with Gasteiger partial charge in [-0.15, -0.1) is 0 Å². The zero-order valence-electron chi connectivity index (χ0n) is 19.5. The van der Waals surface area contributed by atoms with Crippen LogP contribution >= 0.6 is 0 Å². The van der Waals surface area contributed by atoms with Gasteiger partial charge in [-0.2, -0.15) is 0 Å². The van der Waals surface area contributed by atoms with Gasteiger partial charge in [-0.3, -0.25) is 33.7 Å². The third kappa shape index (κ3) is 3.37. The van der Waals surface area contributed by atoms with Gasteiger partial charge in [-0.05, 0) is 57.6 Å². The van der Waals surface area contributed by atoms with E-state index >= 15 is 0 Å². The maximum absolute atomic E-state index is 13.7. The summed E-state index contributed by atoms with van der Waals surface area (Å²) in [6.45, 7) is -0.0129. The standard InChI is InChI=1S/C24H27N3O8/c1-26-8-14(29)10-4-5-13(28)16-11(10)6-9-7-12-18(27(2)3)20(31)17(23(25)34)22(33)24(12,35)21(32)15(9)19(16)30/h4-5,9,12,15,17-18,26,28,35H,6-8H2,1-3H3,(H2,25,34)/t9-,12-,15?,17?,18-,24-/m0/s1. The number of fused-ring (bicyclic) bond motifs is 3. The minimum absolute atomic E-state index is 0.0129. The molecular weight excluding hydrogens is 458 g/mol. The normalized spacial score (nSPS) is 32.2. The van der Waals surface area contributed by atoms with E-state index in [1.54, 1.807) is 7.05 Å². The molecule has 35 heavy (non-hydrogen) atoms. The van der Waals surface area contributed by atoms with Crippen LogP contribution in [0.4, 0.5) is 0 Å². The van der Waals surface area contributed by atoms with Gasteiger partial charge in [0.25, 0.3) is 0 Å². The fourth-order valence-corrected chi connectivity index (χ4v) is 6.12. The summed E-state index contributed by atoms with van der Waals surface area (Å²) in [5.74, 6) is -11.5. The van der Waals surface area contributed by atoms with Crippen LogP contribution in [0, 0.1) is 23.7 Å². The first kappa shape index (κ1) is 24.8. The van der Waals surface area contributed by atoms with Crippen molar-refractivity contribution in [3.8, 4) is 5.75 Å². The van der Waals surface area contributed by atoms with Gasteiger partial charge in [-0.25, -0.2) is 0 Å². The van der Waals surface area contributed by atoms with Gasteiger partial charge in [0.05, 0.1) is 24.1 Å². The molecule has 11 heteroatoms. The summed E-state index contributed by atoms with van der Waals surface area (Å²) in [6, 6.07) is 1.43. The van der Waals surface area contributed by atoms with E-state index in [4.69, 9.17) is 5.73 Å². The summed E-state index contributed by atoms with van der Waals surface area (Å²) in [7, 11) is 4.62. The lowest BCUT2D eigenvalue weighted by Crippen LogP contribution is -2.74. The molecule has 0 aliphatic heterocycles. The number of likely N-dealkylation sites (N-methyl/N-ethyl adjacent to an activating group) is 2. The predicted octanol–water partition coefficient (Wildman–Crippen LogP) is -1.73. The van der Waals surface area contributed by atoms with Crippen molar-refractivity contribution >= 4 is 34.8 Å². The summed E-state index contributed by atoms with van der Waals surface area (Å²) in [5.41, 5.74) is 2.84. The SMILES string of the molecule is CNCC(=O)c1ccc(O)c2c1C[C@H]1C[C@H]3[C@H](N(C)C)C(=O)C(C(N)=O)C(=O)[C@@]3(O)C(=O)C1C2=O. The van der Waals surface area contributed by atoms with E-state index in [0.29, 0.717) is 5.56 Å². The van der Waals surface area contributed by atoms with E-state index in [-0.39, 0.29) is 36.3 Å². The number of carbonyl (C=O) groups excluding carboxylic acids is 6. The minimum atomic E-state index is -2.77. The molecule has 1 aromatic carbocycles. The van der Waals surface area contributed by atoms with Crippen molar-refractivity contribution in [1.82, 2.24) is 10.2 Å².